The van der Waals surface area contributed by atoms with Crippen molar-refractivity contribution in [1.29, 1.82) is 0 Å². The Hall–Kier alpha value is -0.280. The van der Waals surface area contributed by atoms with Crippen molar-refractivity contribution in [3.8, 4) is 0 Å². The minimum absolute atomic E-state index is 0. The van der Waals surface area contributed by atoms with Crippen molar-refractivity contribution in [2.45, 2.75) is 96.2 Å². The number of amides is 1. The van der Waals surface area contributed by atoms with Crippen molar-refractivity contribution >= 4 is 18.3 Å². The highest BCUT2D eigenvalue weighted by atomic mass is 35.5. The second kappa shape index (κ2) is 8.71. The smallest absolute Gasteiger partial charge is 0.223 e. The van der Waals surface area contributed by atoms with Gasteiger partial charge in [0, 0.05) is 31.1 Å². The number of hydrogen-bond acceptors (Lipinski definition) is 2. The van der Waals surface area contributed by atoms with Crippen LogP contribution in [0.3, 0.4) is 0 Å². The summed E-state index contributed by atoms with van der Waals surface area (Å²) < 4.78 is 0. The van der Waals surface area contributed by atoms with Crippen LogP contribution in [0.1, 0.15) is 78.1 Å². The molecule has 3 rings (SSSR count). The molecular weight excluding hydrogens is 308 g/mol. The van der Waals surface area contributed by atoms with Gasteiger partial charge in [-0.05, 0) is 56.8 Å². The van der Waals surface area contributed by atoms with Gasteiger partial charge >= 0.3 is 0 Å². The summed E-state index contributed by atoms with van der Waals surface area (Å²) in [5, 5.41) is 3.69. The lowest BCUT2D eigenvalue weighted by atomic mass is 9.89. The monoisotopic (exact) mass is 342 g/mol. The third-order valence-corrected chi connectivity index (χ3v) is 5.97. The molecular formula is C19H35ClN2O. The molecule has 0 spiro atoms. The Kier molecular flexibility index (Phi) is 7.21. The van der Waals surface area contributed by atoms with Gasteiger partial charge in [0.2, 0.25) is 5.91 Å². The fraction of sp³-hybridized carbons (Fsp3) is 0.947. The Morgan fingerprint density at radius 3 is 2.43 bits per heavy atom. The third-order valence-electron chi connectivity index (χ3n) is 5.97. The van der Waals surface area contributed by atoms with E-state index in [-0.39, 0.29) is 12.4 Å². The van der Waals surface area contributed by atoms with Gasteiger partial charge < -0.3 is 10.2 Å². The Labute approximate surface area is 148 Å². The molecule has 0 radical (unpaired) electrons. The molecule has 1 amide bonds. The standard InChI is InChI=1S/C19H34N2O.ClH/c1-14(2)10-18-6-4-3-5-9-21(18)19(22)13-15-11-16-7-8-17(12-15)20-16;/h14-18,20H,3-13H2,1-2H3;1H. The van der Waals surface area contributed by atoms with Gasteiger partial charge in [-0.2, -0.15) is 0 Å². The average molecular weight is 343 g/mol. The van der Waals surface area contributed by atoms with Crippen LogP contribution in [-0.4, -0.2) is 35.5 Å². The van der Waals surface area contributed by atoms with Crippen LogP contribution >= 0.6 is 12.4 Å². The molecule has 0 aromatic carbocycles. The van der Waals surface area contributed by atoms with Gasteiger partial charge in [0.05, 0.1) is 0 Å². The van der Waals surface area contributed by atoms with Gasteiger partial charge in [-0.25, -0.2) is 0 Å². The lowest BCUT2D eigenvalue weighted by Gasteiger charge is -2.34. The highest BCUT2D eigenvalue weighted by molar-refractivity contribution is 5.85. The molecule has 3 unspecified atom stereocenters. The number of hydrogen-bond donors (Lipinski definition) is 1. The quantitative estimate of drug-likeness (QED) is 0.832. The number of fused-ring (bicyclic) bond motifs is 2. The van der Waals surface area contributed by atoms with Crippen molar-refractivity contribution in [3.05, 3.63) is 0 Å². The molecule has 23 heavy (non-hydrogen) atoms. The van der Waals surface area contributed by atoms with E-state index in [4.69, 9.17) is 0 Å². The zero-order valence-electron chi connectivity index (χ0n) is 14.9. The molecule has 134 valence electrons. The number of carbonyl (C=O) groups is 1. The van der Waals surface area contributed by atoms with Gasteiger partial charge in [0.15, 0.2) is 0 Å². The van der Waals surface area contributed by atoms with Crippen LogP contribution in [0.5, 0.6) is 0 Å². The number of nitrogens with zero attached hydrogens (tertiary/aromatic N) is 1. The van der Waals surface area contributed by atoms with E-state index in [1.807, 2.05) is 0 Å². The maximum absolute atomic E-state index is 13.0. The first-order valence-electron chi connectivity index (χ1n) is 9.67. The van der Waals surface area contributed by atoms with Crippen molar-refractivity contribution in [2.24, 2.45) is 11.8 Å². The molecule has 3 atom stereocenters. The topological polar surface area (TPSA) is 32.3 Å². The van der Waals surface area contributed by atoms with Crippen LogP contribution in [0.2, 0.25) is 0 Å². The van der Waals surface area contributed by atoms with E-state index >= 15 is 0 Å². The van der Waals surface area contributed by atoms with Gasteiger partial charge in [0.1, 0.15) is 0 Å². The van der Waals surface area contributed by atoms with Gasteiger partial charge in [-0.15, -0.1) is 12.4 Å². The summed E-state index contributed by atoms with van der Waals surface area (Å²) in [7, 11) is 0. The normalized spacial score (nSPS) is 34.1. The summed E-state index contributed by atoms with van der Waals surface area (Å²) in [6.45, 7) is 5.59. The SMILES string of the molecule is CC(C)CC1CCCCCN1C(=O)CC1CC2CCC(C1)N2.Cl. The van der Waals surface area contributed by atoms with E-state index in [1.165, 1.54) is 57.8 Å². The van der Waals surface area contributed by atoms with Crippen molar-refractivity contribution < 1.29 is 4.79 Å². The van der Waals surface area contributed by atoms with E-state index < -0.39 is 0 Å². The zero-order chi connectivity index (χ0) is 15.5. The molecule has 0 saturated carbocycles. The molecule has 3 aliphatic heterocycles. The molecule has 3 aliphatic rings. The van der Waals surface area contributed by atoms with E-state index in [0.717, 1.165) is 13.0 Å². The Balaban J connectivity index is 0.00000192. The first-order chi connectivity index (χ1) is 10.6. The fourth-order valence-electron chi connectivity index (χ4n) is 5.00. The second-order valence-corrected chi connectivity index (χ2v) is 8.40. The fourth-order valence-corrected chi connectivity index (χ4v) is 5.00. The predicted molar refractivity (Wildman–Crippen MR) is 98.0 cm³/mol. The Morgan fingerprint density at radius 2 is 1.78 bits per heavy atom. The summed E-state index contributed by atoms with van der Waals surface area (Å²) in [6, 6.07) is 1.91. The van der Waals surface area contributed by atoms with Crippen molar-refractivity contribution in [3.63, 3.8) is 0 Å². The van der Waals surface area contributed by atoms with E-state index in [9.17, 15) is 4.79 Å². The lowest BCUT2D eigenvalue weighted by molar-refractivity contribution is -0.135. The molecule has 3 saturated heterocycles. The summed E-state index contributed by atoms with van der Waals surface area (Å²) in [5.41, 5.74) is 0. The van der Waals surface area contributed by atoms with Crippen LogP contribution in [0.15, 0.2) is 0 Å². The minimum atomic E-state index is 0. The van der Waals surface area contributed by atoms with Crippen LogP contribution in [0.25, 0.3) is 0 Å². The summed E-state index contributed by atoms with van der Waals surface area (Å²) >= 11 is 0. The average Bonchev–Trinajstić information content (AvgIpc) is 2.67. The Morgan fingerprint density at radius 1 is 1.09 bits per heavy atom. The van der Waals surface area contributed by atoms with E-state index in [0.29, 0.717) is 35.9 Å². The Bertz CT molecular complexity index is 376. The summed E-state index contributed by atoms with van der Waals surface area (Å²) in [6.07, 6.45) is 12.1. The van der Waals surface area contributed by atoms with Gasteiger partial charge in [-0.1, -0.05) is 26.7 Å². The molecule has 1 N–H and O–H groups in total. The number of halogens is 1. The number of nitrogens with one attached hydrogen (secondary N) is 1. The highest BCUT2D eigenvalue weighted by Crippen LogP contribution is 2.33. The maximum Gasteiger partial charge on any atom is 0.223 e. The van der Waals surface area contributed by atoms with Crippen molar-refractivity contribution in [1.82, 2.24) is 10.2 Å². The largest absolute Gasteiger partial charge is 0.340 e. The number of likely N-dealkylation sites (tertiary alicyclic amines) is 1. The molecule has 3 nitrogen and oxygen atoms in total. The lowest BCUT2D eigenvalue weighted by Crippen LogP contribution is -2.44. The molecule has 0 aliphatic carbocycles. The third kappa shape index (κ3) is 5.09. The highest BCUT2D eigenvalue weighted by Gasteiger charge is 2.35. The summed E-state index contributed by atoms with van der Waals surface area (Å²) in [5.74, 6) is 1.78. The maximum atomic E-state index is 13.0. The number of piperidine rings is 1. The van der Waals surface area contributed by atoms with Crippen LogP contribution in [0.4, 0.5) is 0 Å². The number of carbonyl (C=O) groups excluding carboxylic acids is 1. The molecule has 0 aromatic rings. The van der Waals surface area contributed by atoms with Gasteiger partial charge in [-0.3, -0.25) is 4.79 Å². The second-order valence-electron chi connectivity index (χ2n) is 8.40. The zero-order valence-corrected chi connectivity index (χ0v) is 15.7. The minimum Gasteiger partial charge on any atom is -0.340 e. The van der Waals surface area contributed by atoms with Crippen molar-refractivity contribution in [2.75, 3.05) is 6.54 Å². The molecule has 3 heterocycles. The number of rotatable bonds is 4. The van der Waals surface area contributed by atoms with Crippen LogP contribution in [0, 0.1) is 11.8 Å². The first kappa shape index (κ1) is 19.1. The van der Waals surface area contributed by atoms with E-state index in [2.05, 4.69) is 24.1 Å². The molecule has 3 fully saturated rings. The van der Waals surface area contributed by atoms with Crippen LogP contribution in [-0.2, 0) is 4.79 Å². The van der Waals surface area contributed by atoms with E-state index in [1.54, 1.807) is 0 Å². The predicted octanol–water partition coefficient (Wildman–Crippen LogP) is 4.15. The van der Waals surface area contributed by atoms with Crippen LogP contribution < -0.4 is 5.32 Å². The van der Waals surface area contributed by atoms with Gasteiger partial charge in [0.25, 0.3) is 0 Å². The summed E-state index contributed by atoms with van der Waals surface area (Å²) in [4.78, 5) is 15.2. The molecule has 4 heteroatoms. The molecule has 2 bridgehead atoms. The first-order valence-corrected chi connectivity index (χ1v) is 9.67. The molecule has 0 aromatic heterocycles.